The molecule has 1 aromatic heterocycles. The number of carbonyl (C=O) groups excluding carboxylic acids is 2. The lowest BCUT2D eigenvalue weighted by molar-refractivity contribution is -0.154. The lowest BCUT2D eigenvalue weighted by Gasteiger charge is -2.27. The molecule has 0 spiro atoms. The molecule has 6 nitrogen and oxygen atoms in total. The van der Waals surface area contributed by atoms with Gasteiger partial charge in [0.15, 0.2) is 0 Å². The van der Waals surface area contributed by atoms with Crippen LogP contribution in [-0.2, 0) is 15.7 Å². The average Bonchev–Trinajstić information content (AvgIpc) is 3.37. The zero-order valence-corrected chi connectivity index (χ0v) is 26.3. The second-order valence-electron chi connectivity index (χ2n) is 11.6. The predicted molar refractivity (Wildman–Crippen MR) is 166 cm³/mol. The van der Waals surface area contributed by atoms with E-state index in [1.54, 1.807) is 45.0 Å². The Kier molecular flexibility index (Phi) is 10.3. The topological polar surface area (TPSA) is 84.1 Å². The van der Waals surface area contributed by atoms with Gasteiger partial charge >= 0.3 is 12.1 Å². The number of halogens is 5. The summed E-state index contributed by atoms with van der Waals surface area (Å²) in [6.07, 6.45) is -3.09. The third-order valence-electron chi connectivity index (χ3n) is 7.14. The number of amides is 1. The minimum Gasteiger partial charge on any atom is -0.460 e. The largest absolute Gasteiger partial charge is 0.460 e. The van der Waals surface area contributed by atoms with Crippen molar-refractivity contribution in [3.63, 3.8) is 0 Å². The molecular formula is C33H34Cl2F3N3O3. The van der Waals surface area contributed by atoms with Gasteiger partial charge in [-0.25, -0.2) is 0 Å². The number of aromatic nitrogens is 2. The second kappa shape index (κ2) is 13.6. The Morgan fingerprint density at radius 1 is 0.977 bits per heavy atom. The van der Waals surface area contributed by atoms with Gasteiger partial charge in [0.25, 0.3) is 5.91 Å². The molecule has 11 heteroatoms. The fourth-order valence-corrected chi connectivity index (χ4v) is 5.63. The number of esters is 1. The van der Waals surface area contributed by atoms with Crippen molar-refractivity contribution in [3.8, 4) is 0 Å². The standard InChI is InChI=1S/C33H34Cl2F3N3O3/c1-5-6-24(19-7-9-21(10-8-19)31(43)39-16-15-27(42)44-32(2,3)4)28(20-11-13-23(34)14-12-20)30-25-17-22(33(36,37)38)18-26(35)29(25)40-41-30/h7-14,17-18,24,28H,5-6,15-16H2,1-4H3,(H,39,43)(H,40,41). The minimum absolute atomic E-state index is 0.0418. The van der Waals surface area contributed by atoms with Gasteiger partial charge in [0.1, 0.15) is 5.60 Å². The van der Waals surface area contributed by atoms with Crippen LogP contribution in [0.15, 0.2) is 60.7 Å². The van der Waals surface area contributed by atoms with Gasteiger partial charge in [-0.1, -0.05) is 60.8 Å². The number of rotatable bonds is 10. The highest BCUT2D eigenvalue weighted by Gasteiger charge is 2.34. The van der Waals surface area contributed by atoms with Crippen molar-refractivity contribution in [2.45, 2.75) is 70.6 Å². The van der Waals surface area contributed by atoms with Crippen molar-refractivity contribution in [1.82, 2.24) is 15.5 Å². The van der Waals surface area contributed by atoms with Gasteiger partial charge in [-0.05, 0) is 80.6 Å². The van der Waals surface area contributed by atoms with E-state index >= 15 is 0 Å². The summed E-state index contributed by atoms with van der Waals surface area (Å²) in [5.41, 5.74) is 1.39. The number of aromatic amines is 1. The third kappa shape index (κ3) is 8.12. The van der Waals surface area contributed by atoms with Crippen LogP contribution in [0.25, 0.3) is 10.9 Å². The Morgan fingerprint density at radius 3 is 2.20 bits per heavy atom. The van der Waals surface area contributed by atoms with Crippen molar-refractivity contribution in [3.05, 3.63) is 98.7 Å². The third-order valence-corrected chi connectivity index (χ3v) is 7.69. The maximum absolute atomic E-state index is 13.8. The Morgan fingerprint density at radius 2 is 1.61 bits per heavy atom. The van der Waals surface area contributed by atoms with Gasteiger partial charge in [-0.15, -0.1) is 0 Å². The van der Waals surface area contributed by atoms with Crippen LogP contribution in [0.5, 0.6) is 0 Å². The first-order valence-electron chi connectivity index (χ1n) is 14.3. The molecule has 0 saturated heterocycles. The van der Waals surface area contributed by atoms with E-state index in [1.165, 1.54) is 0 Å². The number of fused-ring (bicyclic) bond motifs is 1. The quantitative estimate of drug-likeness (QED) is 0.168. The highest BCUT2D eigenvalue weighted by molar-refractivity contribution is 6.35. The minimum atomic E-state index is -4.59. The highest BCUT2D eigenvalue weighted by Crippen LogP contribution is 2.45. The van der Waals surface area contributed by atoms with Crippen molar-refractivity contribution in [1.29, 1.82) is 0 Å². The highest BCUT2D eigenvalue weighted by atomic mass is 35.5. The molecule has 234 valence electrons. The maximum atomic E-state index is 13.8. The lowest BCUT2D eigenvalue weighted by atomic mass is 9.76. The number of nitrogens with one attached hydrogen (secondary N) is 2. The van der Waals surface area contributed by atoms with Crippen LogP contribution in [0, 0.1) is 0 Å². The fraction of sp³-hybridized carbons (Fsp3) is 0.364. The fourth-order valence-electron chi connectivity index (χ4n) is 5.24. The molecule has 4 rings (SSSR count). The first-order valence-corrected chi connectivity index (χ1v) is 15.0. The number of carbonyl (C=O) groups is 2. The zero-order valence-electron chi connectivity index (χ0n) is 24.8. The number of hydrogen-bond donors (Lipinski definition) is 2. The molecule has 2 atom stereocenters. The molecular weight excluding hydrogens is 614 g/mol. The van der Waals surface area contributed by atoms with E-state index in [-0.39, 0.29) is 35.2 Å². The number of H-pyrrole nitrogens is 1. The monoisotopic (exact) mass is 647 g/mol. The number of ether oxygens (including phenoxy) is 1. The molecule has 2 unspecified atom stereocenters. The molecule has 0 bridgehead atoms. The van der Waals surface area contributed by atoms with Gasteiger partial charge in [-0.2, -0.15) is 18.3 Å². The normalized spacial score (nSPS) is 13.5. The van der Waals surface area contributed by atoms with Crippen molar-refractivity contribution < 1.29 is 27.5 Å². The van der Waals surface area contributed by atoms with Crippen molar-refractivity contribution in [2.75, 3.05) is 6.54 Å². The van der Waals surface area contributed by atoms with Gasteiger partial charge in [0.2, 0.25) is 0 Å². The van der Waals surface area contributed by atoms with E-state index < -0.39 is 29.2 Å². The molecule has 0 aliphatic carbocycles. The van der Waals surface area contributed by atoms with Crippen LogP contribution in [0.2, 0.25) is 10.0 Å². The van der Waals surface area contributed by atoms with E-state index in [4.69, 9.17) is 27.9 Å². The van der Waals surface area contributed by atoms with Gasteiger partial charge < -0.3 is 10.1 Å². The molecule has 3 aromatic carbocycles. The summed E-state index contributed by atoms with van der Waals surface area (Å²) in [6.45, 7) is 7.48. The van der Waals surface area contributed by atoms with Crippen molar-refractivity contribution in [2.24, 2.45) is 0 Å². The Labute approximate surface area is 264 Å². The SMILES string of the molecule is CCCC(c1ccc(C(=O)NCCC(=O)OC(C)(C)C)cc1)C(c1ccc(Cl)cc1)c1n[nH]c2c(Cl)cc(C(F)(F)F)cc12. The van der Waals surface area contributed by atoms with Gasteiger partial charge in [-0.3, -0.25) is 14.7 Å². The molecule has 0 aliphatic rings. The summed E-state index contributed by atoms with van der Waals surface area (Å²) in [4.78, 5) is 24.8. The smallest absolute Gasteiger partial charge is 0.416 e. The summed E-state index contributed by atoms with van der Waals surface area (Å²) in [7, 11) is 0. The van der Waals surface area contributed by atoms with Crippen LogP contribution in [0.1, 0.15) is 91.5 Å². The molecule has 0 saturated carbocycles. The number of hydrogen-bond acceptors (Lipinski definition) is 4. The van der Waals surface area contributed by atoms with Crippen LogP contribution in [0.3, 0.4) is 0 Å². The van der Waals surface area contributed by atoms with E-state index in [1.807, 2.05) is 31.2 Å². The number of nitrogens with zero attached hydrogens (tertiary/aromatic N) is 1. The molecule has 0 radical (unpaired) electrons. The van der Waals surface area contributed by atoms with Crippen LogP contribution >= 0.6 is 23.2 Å². The Bertz CT molecular complexity index is 1610. The Balaban J connectivity index is 1.68. The molecule has 4 aromatic rings. The van der Waals surface area contributed by atoms with Crippen LogP contribution in [0.4, 0.5) is 13.2 Å². The molecule has 44 heavy (non-hydrogen) atoms. The van der Waals surface area contributed by atoms with Crippen molar-refractivity contribution >= 4 is 46.0 Å². The van der Waals surface area contributed by atoms with Gasteiger partial charge in [0.05, 0.1) is 28.2 Å². The summed E-state index contributed by atoms with van der Waals surface area (Å²) >= 11 is 12.5. The summed E-state index contributed by atoms with van der Waals surface area (Å²) in [6, 6.07) is 16.2. The summed E-state index contributed by atoms with van der Waals surface area (Å²) < 4.78 is 46.6. The summed E-state index contributed by atoms with van der Waals surface area (Å²) in [5.74, 6) is -1.42. The first-order chi connectivity index (χ1) is 20.7. The summed E-state index contributed by atoms with van der Waals surface area (Å²) in [5, 5.41) is 10.8. The van der Waals surface area contributed by atoms with E-state index in [2.05, 4.69) is 15.5 Å². The Hall–Kier alpha value is -3.56. The molecule has 1 heterocycles. The maximum Gasteiger partial charge on any atom is 0.416 e. The van der Waals surface area contributed by atoms with E-state index in [0.717, 1.165) is 29.7 Å². The number of benzene rings is 3. The predicted octanol–water partition coefficient (Wildman–Crippen LogP) is 9.07. The molecule has 1 amide bonds. The first kappa shape index (κ1) is 33.3. The zero-order chi connectivity index (χ0) is 32.2. The molecule has 0 aliphatic heterocycles. The van der Waals surface area contributed by atoms with E-state index in [9.17, 15) is 22.8 Å². The van der Waals surface area contributed by atoms with Gasteiger partial charge in [0, 0.05) is 28.4 Å². The van der Waals surface area contributed by atoms with E-state index in [0.29, 0.717) is 28.2 Å². The lowest BCUT2D eigenvalue weighted by Crippen LogP contribution is -2.29. The van der Waals surface area contributed by atoms with Crippen LogP contribution < -0.4 is 5.32 Å². The molecule has 0 fully saturated rings. The second-order valence-corrected chi connectivity index (χ2v) is 12.5. The van der Waals surface area contributed by atoms with Crippen LogP contribution in [-0.4, -0.2) is 34.2 Å². The molecule has 2 N–H and O–H groups in total. The number of alkyl halides is 3. The average molecular weight is 649 g/mol.